The summed E-state index contributed by atoms with van der Waals surface area (Å²) >= 11 is 0. The third-order valence-corrected chi connectivity index (χ3v) is 9.69. The Balaban J connectivity index is 1.23. The quantitative estimate of drug-likeness (QED) is 0.195. The molecule has 10 aromatic rings. The third kappa shape index (κ3) is 3.59. The first kappa shape index (κ1) is 25.2. The largest absolute Gasteiger partial charge is 0.309 e. The molecule has 0 fully saturated rings. The average molecular weight is 585 g/mol. The van der Waals surface area contributed by atoms with Crippen molar-refractivity contribution in [3.63, 3.8) is 0 Å². The van der Waals surface area contributed by atoms with E-state index < -0.39 is 0 Å². The fourth-order valence-corrected chi connectivity index (χ4v) is 7.63. The van der Waals surface area contributed by atoms with Crippen molar-refractivity contribution in [1.29, 1.82) is 0 Å². The van der Waals surface area contributed by atoms with E-state index in [4.69, 9.17) is 0 Å². The zero-order chi connectivity index (χ0) is 30.2. The summed E-state index contributed by atoms with van der Waals surface area (Å²) in [5.74, 6) is 0. The van der Waals surface area contributed by atoms with Gasteiger partial charge in [0.25, 0.3) is 0 Å². The van der Waals surface area contributed by atoms with Crippen LogP contribution in [0.3, 0.4) is 0 Å². The maximum absolute atomic E-state index is 2.46. The molecule has 0 aliphatic carbocycles. The van der Waals surface area contributed by atoms with Crippen LogP contribution in [0.5, 0.6) is 0 Å². The van der Waals surface area contributed by atoms with E-state index in [-0.39, 0.29) is 0 Å². The summed E-state index contributed by atoms with van der Waals surface area (Å²) in [5.41, 5.74) is 9.69. The molecule has 46 heavy (non-hydrogen) atoms. The number of hydrogen-bond acceptors (Lipinski definition) is 0. The monoisotopic (exact) mass is 584 g/mol. The van der Waals surface area contributed by atoms with Gasteiger partial charge < -0.3 is 9.13 Å². The van der Waals surface area contributed by atoms with Crippen molar-refractivity contribution >= 4 is 65.2 Å². The van der Waals surface area contributed by atoms with Gasteiger partial charge in [-0.3, -0.25) is 0 Å². The number of benzene rings is 8. The van der Waals surface area contributed by atoms with Crippen LogP contribution in [-0.4, -0.2) is 9.13 Å². The lowest BCUT2D eigenvalue weighted by molar-refractivity contribution is 1.18. The van der Waals surface area contributed by atoms with Gasteiger partial charge in [0.1, 0.15) is 0 Å². The molecule has 0 amide bonds. The van der Waals surface area contributed by atoms with E-state index in [0.29, 0.717) is 0 Å². The Hall–Kier alpha value is -6.12. The molecule has 2 heteroatoms. The molecule has 0 atom stereocenters. The van der Waals surface area contributed by atoms with Crippen LogP contribution in [0, 0.1) is 0 Å². The number of aromatic nitrogens is 2. The first-order chi connectivity index (χ1) is 22.8. The number of para-hydroxylation sites is 2. The summed E-state index contributed by atoms with van der Waals surface area (Å²) in [6, 6.07) is 61.9. The van der Waals surface area contributed by atoms with E-state index in [1.54, 1.807) is 0 Å². The van der Waals surface area contributed by atoms with Gasteiger partial charge in [-0.25, -0.2) is 0 Å². The highest BCUT2D eigenvalue weighted by molar-refractivity contribution is 6.29. The van der Waals surface area contributed by atoms with Gasteiger partial charge in [-0.15, -0.1) is 0 Å². The Morgan fingerprint density at radius 1 is 0.304 bits per heavy atom. The Labute approximate surface area is 266 Å². The Bertz CT molecular complexity index is 2790. The summed E-state index contributed by atoms with van der Waals surface area (Å²) < 4.78 is 4.88. The molecule has 0 N–H and O–H groups in total. The van der Waals surface area contributed by atoms with E-state index in [0.717, 1.165) is 5.69 Å². The first-order valence-corrected chi connectivity index (χ1v) is 15.9. The van der Waals surface area contributed by atoms with Gasteiger partial charge in [-0.1, -0.05) is 121 Å². The maximum Gasteiger partial charge on any atom is 0.0549 e. The van der Waals surface area contributed by atoms with E-state index in [2.05, 4.69) is 179 Å². The maximum atomic E-state index is 2.46. The Kier molecular flexibility index (Phi) is 5.31. The summed E-state index contributed by atoms with van der Waals surface area (Å²) in [6.45, 7) is 0. The molecule has 10 rings (SSSR count). The second-order valence-corrected chi connectivity index (χ2v) is 12.2. The van der Waals surface area contributed by atoms with Gasteiger partial charge in [0.2, 0.25) is 0 Å². The minimum absolute atomic E-state index is 1.16. The molecule has 2 aromatic heterocycles. The van der Waals surface area contributed by atoms with Crippen molar-refractivity contribution in [3.8, 4) is 22.5 Å². The minimum atomic E-state index is 1.16. The second-order valence-electron chi connectivity index (χ2n) is 12.2. The SMILES string of the molecule is c1ccc2cc(-c3ccc(-n4c5ccccc5c5c6c7ccccc7n(-c7cccc8ccccc78)c6ccc54)cc3)ccc2c1. The Morgan fingerprint density at radius 2 is 0.848 bits per heavy atom. The number of hydrogen-bond donors (Lipinski definition) is 0. The standard InChI is InChI=1S/C44H28N2/c1-2-12-32-28-33(21-20-29(32)10-1)30-22-24-34(25-23-30)45-39-17-7-5-15-36(39)43-41(45)26-27-42-44(43)37-16-6-8-18-40(37)46(42)38-19-9-13-31-11-3-4-14-35(31)38/h1-28H. The van der Waals surface area contributed by atoms with Crippen molar-refractivity contribution in [2.45, 2.75) is 0 Å². The molecular weight excluding hydrogens is 556 g/mol. The van der Waals surface area contributed by atoms with Crippen LogP contribution in [0.1, 0.15) is 0 Å². The van der Waals surface area contributed by atoms with E-state index in [1.807, 2.05) is 0 Å². The fraction of sp³-hybridized carbons (Fsp3) is 0. The molecule has 0 spiro atoms. The highest BCUT2D eigenvalue weighted by Gasteiger charge is 2.21. The molecule has 0 aliphatic heterocycles. The number of nitrogens with zero attached hydrogens (tertiary/aromatic N) is 2. The smallest absolute Gasteiger partial charge is 0.0549 e. The highest BCUT2D eigenvalue weighted by Crippen LogP contribution is 2.43. The van der Waals surface area contributed by atoms with Gasteiger partial charge >= 0.3 is 0 Å². The second kappa shape index (κ2) is 9.69. The normalized spacial score (nSPS) is 11.9. The molecule has 0 radical (unpaired) electrons. The molecule has 2 heterocycles. The topological polar surface area (TPSA) is 9.86 Å². The molecule has 0 unspecified atom stereocenters. The summed E-state index contributed by atoms with van der Waals surface area (Å²) in [7, 11) is 0. The highest BCUT2D eigenvalue weighted by atomic mass is 15.0. The fourth-order valence-electron chi connectivity index (χ4n) is 7.63. The predicted octanol–water partition coefficient (Wildman–Crippen LogP) is 11.9. The number of rotatable bonds is 3. The van der Waals surface area contributed by atoms with Crippen molar-refractivity contribution in [2.75, 3.05) is 0 Å². The van der Waals surface area contributed by atoms with Crippen molar-refractivity contribution < 1.29 is 0 Å². The van der Waals surface area contributed by atoms with Crippen LogP contribution in [0.2, 0.25) is 0 Å². The van der Waals surface area contributed by atoms with E-state index in [1.165, 1.54) is 82.0 Å². The van der Waals surface area contributed by atoms with Gasteiger partial charge in [0.15, 0.2) is 0 Å². The van der Waals surface area contributed by atoms with Gasteiger partial charge in [-0.05, 0) is 75.8 Å². The van der Waals surface area contributed by atoms with Crippen molar-refractivity contribution in [2.24, 2.45) is 0 Å². The van der Waals surface area contributed by atoms with E-state index in [9.17, 15) is 0 Å². The lowest BCUT2D eigenvalue weighted by Gasteiger charge is -2.12. The van der Waals surface area contributed by atoms with Crippen molar-refractivity contribution in [3.05, 3.63) is 170 Å². The third-order valence-electron chi connectivity index (χ3n) is 9.69. The summed E-state index contributed by atoms with van der Waals surface area (Å²) in [5, 5.41) is 10.1. The zero-order valence-electron chi connectivity index (χ0n) is 25.1. The molecule has 0 bridgehead atoms. The van der Waals surface area contributed by atoms with Crippen LogP contribution in [-0.2, 0) is 0 Å². The average Bonchev–Trinajstić information content (AvgIpc) is 3.64. The molecular formula is C44H28N2. The van der Waals surface area contributed by atoms with Gasteiger partial charge in [-0.2, -0.15) is 0 Å². The molecule has 8 aromatic carbocycles. The molecule has 2 nitrogen and oxygen atoms in total. The van der Waals surface area contributed by atoms with Crippen LogP contribution >= 0.6 is 0 Å². The number of fused-ring (bicyclic) bond motifs is 9. The van der Waals surface area contributed by atoms with Crippen molar-refractivity contribution in [1.82, 2.24) is 9.13 Å². The molecule has 0 saturated carbocycles. The lowest BCUT2D eigenvalue weighted by atomic mass is 10.0. The Morgan fingerprint density at radius 3 is 1.59 bits per heavy atom. The van der Waals surface area contributed by atoms with E-state index >= 15 is 0 Å². The molecule has 0 aliphatic rings. The van der Waals surface area contributed by atoms with Crippen LogP contribution in [0.4, 0.5) is 0 Å². The summed E-state index contributed by atoms with van der Waals surface area (Å²) in [4.78, 5) is 0. The van der Waals surface area contributed by atoms with Gasteiger partial charge in [0, 0.05) is 32.6 Å². The molecule has 0 saturated heterocycles. The lowest BCUT2D eigenvalue weighted by Crippen LogP contribution is -1.96. The van der Waals surface area contributed by atoms with Gasteiger partial charge in [0.05, 0.1) is 27.8 Å². The van der Waals surface area contributed by atoms with Crippen LogP contribution in [0.25, 0.3) is 87.7 Å². The predicted molar refractivity (Wildman–Crippen MR) is 196 cm³/mol. The van der Waals surface area contributed by atoms with Crippen LogP contribution < -0.4 is 0 Å². The molecule has 214 valence electrons. The minimum Gasteiger partial charge on any atom is -0.309 e. The first-order valence-electron chi connectivity index (χ1n) is 15.9. The van der Waals surface area contributed by atoms with Crippen LogP contribution in [0.15, 0.2) is 170 Å². The summed E-state index contributed by atoms with van der Waals surface area (Å²) in [6.07, 6.45) is 0. The zero-order valence-corrected chi connectivity index (χ0v) is 25.1.